The molecule has 0 bridgehead atoms. The van der Waals surface area contributed by atoms with E-state index in [1.54, 1.807) is 0 Å². The molecule has 0 aliphatic carbocycles. The van der Waals surface area contributed by atoms with Crippen LogP contribution in [0.3, 0.4) is 0 Å². The van der Waals surface area contributed by atoms with Crippen molar-refractivity contribution in [3.8, 4) is 0 Å². The van der Waals surface area contributed by atoms with Crippen LogP contribution in [0, 0.1) is 31.3 Å². The summed E-state index contributed by atoms with van der Waals surface area (Å²) in [7, 11) is 0. The Hall–Kier alpha value is -2.83. The zero-order chi connectivity index (χ0) is 19.4. The highest BCUT2D eigenvalue weighted by Gasteiger charge is 2.19. The molecule has 0 unspecified atom stereocenters. The number of nitrogens with one attached hydrogen (secondary N) is 1. The van der Waals surface area contributed by atoms with Gasteiger partial charge >= 0.3 is 0 Å². The van der Waals surface area contributed by atoms with Crippen molar-refractivity contribution in [3.63, 3.8) is 0 Å². The molecule has 0 saturated heterocycles. The maximum Gasteiger partial charge on any atom is 0.226 e. The molecule has 0 atom stereocenters. The van der Waals surface area contributed by atoms with Gasteiger partial charge in [0.2, 0.25) is 11.8 Å². The lowest BCUT2D eigenvalue weighted by Crippen LogP contribution is -2.33. The van der Waals surface area contributed by atoms with Gasteiger partial charge in [-0.3, -0.25) is 9.59 Å². The highest BCUT2D eigenvalue weighted by Crippen LogP contribution is 2.25. The second-order valence-corrected chi connectivity index (χ2v) is 5.93. The van der Waals surface area contributed by atoms with E-state index in [-0.39, 0.29) is 18.9 Å². The molecule has 0 aliphatic heterocycles. The molecule has 2 aromatic rings. The molecule has 138 valence electrons. The van der Waals surface area contributed by atoms with E-state index >= 15 is 0 Å². The monoisotopic (exact) mass is 364 g/mol. The van der Waals surface area contributed by atoms with Crippen LogP contribution in [-0.2, 0) is 9.59 Å². The maximum absolute atomic E-state index is 13.6. The van der Waals surface area contributed by atoms with E-state index in [2.05, 4.69) is 5.32 Å². The molecule has 0 radical (unpaired) electrons. The van der Waals surface area contributed by atoms with Gasteiger partial charge < -0.3 is 10.2 Å². The predicted octanol–water partition coefficient (Wildman–Crippen LogP) is 4.10. The van der Waals surface area contributed by atoms with Crippen molar-refractivity contribution in [2.45, 2.75) is 27.2 Å². The van der Waals surface area contributed by atoms with Crippen LogP contribution >= 0.6 is 0 Å². The van der Waals surface area contributed by atoms with E-state index in [0.29, 0.717) is 5.69 Å². The van der Waals surface area contributed by atoms with Crippen molar-refractivity contribution < 1.29 is 22.8 Å². The average molecular weight is 364 g/mol. The minimum atomic E-state index is -1.65. The third-order valence-electron chi connectivity index (χ3n) is 3.96. The molecule has 7 heteroatoms. The first-order valence-corrected chi connectivity index (χ1v) is 8.00. The van der Waals surface area contributed by atoms with Gasteiger partial charge in [-0.05, 0) is 37.1 Å². The largest absolute Gasteiger partial charge is 0.323 e. The van der Waals surface area contributed by atoms with E-state index < -0.39 is 29.0 Å². The zero-order valence-corrected chi connectivity index (χ0v) is 14.7. The van der Waals surface area contributed by atoms with Crippen LogP contribution in [-0.4, -0.2) is 18.4 Å². The molecule has 4 nitrogen and oxygen atoms in total. The average Bonchev–Trinajstić information content (AvgIpc) is 2.57. The molecule has 26 heavy (non-hydrogen) atoms. The van der Waals surface area contributed by atoms with Gasteiger partial charge in [0, 0.05) is 25.6 Å². The summed E-state index contributed by atoms with van der Waals surface area (Å²) in [6.07, 6.45) is -0.133. The molecule has 2 rings (SSSR count). The first kappa shape index (κ1) is 19.5. The molecule has 0 heterocycles. The number of halogens is 3. The highest BCUT2D eigenvalue weighted by molar-refractivity contribution is 5.95. The lowest BCUT2D eigenvalue weighted by molar-refractivity contribution is -0.117. The highest BCUT2D eigenvalue weighted by atomic mass is 19.2. The predicted molar refractivity (Wildman–Crippen MR) is 93.5 cm³/mol. The Labute approximate surface area is 149 Å². The molecule has 0 spiro atoms. The Kier molecular flexibility index (Phi) is 6.02. The summed E-state index contributed by atoms with van der Waals surface area (Å²) in [5.74, 6) is -5.31. The molecular formula is C19H19F3N2O2. The first-order valence-electron chi connectivity index (χ1n) is 8.00. The second-order valence-electron chi connectivity index (χ2n) is 5.93. The Morgan fingerprint density at radius 1 is 1.00 bits per heavy atom. The van der Waals surface area contributed by atoms with Crippen LogP contribution in [0.25, 0.3) is 0 Å². The SMILES string of the molecule is CC(=O)N(CCC(=O)Nc1ccc(F)c(F)c1F)c1c(C)cccc1C. The molecule has 0 aliphatic rings. The summed E-state index contributed by atoms with van der Waals surface area (Å²) in [5, 5.41) is 2.19. The maximum atomic E-state index is 13.6. The lowest BCUT2D eigenvalue weighted by Gasteiger charge is -2.25. The van der Waals surface area contributed by atoms with Gasteiger partial charge in [-0.25, -0.2) is 13.2 Å². The van der Waals surface area contributed by atoms with Crippen molar-refractivity contribution in [2.75, 3.05) is 16.8 Å². The Bertz CT molecular complexity index is 833. The third kappa shape index (κ3) is 4.22. The van der Waals surface area contributed by atoms with Crippen molar-refractivity contribution in [1.82, 2.24) is 0 Å². The van der Waals surface area contributed by atoms with Crippen molar-refractivity contribution in [3.05, 3.63) is 58.9 Å². The summed E-state index contributed by atoms with van der Waals surface area (Å²) in [5.41, 5.74) is 2.03. The zero-order valence-electron chi connectivity index (χ0n) is 14.7. The van der Waals surface area contributed by atoms with Gasteiger partial charge in [-0.1, -0.05) is 18.2 Å². The Morgan fingerprint density at radius 2 is 1.62 bits per heavy atom. The molecular weight excluding hydrogens is 345 g/mol. The van der Waals surface area contributed by atoms with Crippen LogP contribution in [0.1, 0.15) is 24.5 Å². The lowest BCUT2D eigenvalue weighted by atomic mass is 10.1. The van der Waals surface area contributed by atoms with Crippen LogP contribution in [0.4, 0.5) is 24.5 Å². The van der Waals surface area contributed by atoms with Crippen LogP contribution in [0.5, 0.6) is 0 Å². The minimum Gasteiger partial charge on any atom is -0.323 e. The summed E-state index contributed by atoms with van der Waals surface area (Å²) in [4.78, 5) is 25.5. The number of hydrogen-bond acceptors (Lipinski definition) is 2. The van der Waals surface area contributed by atoms with Gasteiger partial charge in [0.25, 0.3) is 0 Å². The van der Waals surface area contributed by atoms with Gasteiger partial charge in [0.05, 0.1) is 5.69 Å². The fourth-order valence-corrected chi connectivity index (χ4v) is 2.71. The summed E-state index contributed by atoms with van der Waals surface area (Å²) < 4.78 is 39.8. The van der Waals surface area contributed by atoms with Crippen LogP contribution in [0.15, 0.2) is 30.3 Å². The van der Waals surface area contributed by atoms with E-state index in [1.807, 2.05) is 32.0 Å². The molecule has 0 aromatic heterocycles. The fourth-order valence-electron chi connectivity index (χ4n) is 2.71. The Balaban J connectivity index is 2.12. The molecule has 2 aromatic carbocycles. The van der Waals surface area contributed by atoms with Gasteiger partial charge in [-0.15, -0.1) is 0 Å². The summed E-state index contributed by atoms with van der Waals surface area (Å²) >= 11 is 0. The number of nitrogens with zero attached hydrogens (tertiary/aromatic N) is 1. The van der Waals surface area contributed by atoms with E-state index in [1.165, 1.54) is 11.8 Å². The van der Waals surface area contributed by atoms with Gasteiger partial charge in [0.1, 0.15) is 0 Å². The standard InChI is InChI=1S/C19H19F3N2O2/c1-11-5-4-6-12(2)19(11)24(13(3)25)10-9-16(26)23-15-8-7-14(20)17(21)18(15)22/h4-8H,9-10H2,1-3H3,(H,23,26). The number of hydrogen-bond donors (Lipinski definition) is 1. The summed E-state index contributed by atoms with van der Waals surface area (Å²) in [6.45, 7) is 5.17. The van der Waals surface area contributed by atoms with Crippen molar-refractivity contribution in [1.29, 1.82) is 0 Å². The smallest absolute Gasteiger partial charge is 0.226 e. The van der Waals surface area contributed by atoms with E-state index in [9.17, 15) is 22.8 Å². The minimum absolute atomic E-state index is 0.0676. The normalized spacial score (nSPS) is 10.5. The first-order chi connectivity index (χ1) is 12.2. The van der Waals surface area contributed by atoms with Gasteiger partial charge in [-0.2, -0.15) is 0 Å². The van der Waals surface area contributed by atoms with E-state index in [0.717, 1.165) is 23.3 Å². The number of anilines is 2. The van der Waals surface area contributed by atoms with Crippen LogP contribution in [0.2, 0.25) is 0 Å². The molecule has 1 N–H and O–H groups in total. The summed E-state index contributed by atoms with van der Waals surface area (Å²) in [6, 6.07) is 7.25. The topological polar surface area (TPSA) is 49.4 Å². The third-order valence-corrected chi connectivity index (χ3v) is 3.96. The number of carbonyl (C=O) groups excluding carboxylic acids is 2. The van der Waals surface area contributed by atoms with E-state index in [4.69, 9.17) is 0 Å². The number of aryl methyl sites for hydroxylation is 2. The van der Waals surface area contributed by atoms with Gasteiger partial charge in [0.15, 0.2) is 17.5 Å². The number of carbonyl (C=O) groups is 2. The van der Waals surface area contributed by atoms with Crippen molar-refractivity contribution >= 4 is 23.2 Å². The quantitative estimate of drug-likeness (QED) is 0.812. The fraction of sp³-hybridized carbons (Fsp3) is 0.263. The van der Waals surface area contributed by atoms with Crippen LogP contribution < -0.4 is 10.2 Å². The molecule has 0 saturated carbocycles. The number of para-hydroxylation sites is 1. The molecule has 0 fully saturated rings. The number of benzene rings is 2. The molecule has 2 amide bonds. The Morgan fingerprint density at radius 3 is 2.19 bits per heavy atom. The number of amides is 2. The number of rotatable bonds is 5. The van der Waals surface area contributed by atoms with Crippen molar-refractivity contribution in [2.24, 2.45) is 0 Å². The second kappa shape index (κ2) is 8.03.